The number of likely N-dealkylation sites (N-methyl/N-ethyl adjacent to an activating group) is 1. The first-order chi connectivity index (χ1) is 10.1. The number of rotatable bonds is 8. The van der Waals surface area contributed by atoms with Crippen molar-refractivity contribution < 1.29 is 4.74 Å². The molecule has 2 unspecified atom stereocenters. The van der Waals surface area contributed by atoms with Crippen LogP contribution in [0.15, 0.2) is 4.99 Å². The van der Waals surface area contributed by atoms with Gasteiger partial charge >= 0.3 is 0 Å². The van der Waals surface area contributed by atoms with Crippen molar-refractivity contribution in [3.05, 3.63) is 0 Å². The van der Waals surface area contributed by atoms with Gasteiger partial charge in [0.1, 0.15) is 0 Å². The quantitative estimate of drug-likeness (QED) is 0.529. The molecule has 0 saturated carbocycles. The van der Waals surface area contributed by atoms with Crippen LogP contribution in [0.25, 0.3) is 0 Å². The van der Waals surface area contributed by atoms with Crippen molar-refractivity contribution in [3.63, 3.8) is 0 Å². The van der Waals surface area contributed by atoms with Gasteiger partial charge in [0.15, 0.2) is 5.96 Å². The minimum absolute atomic E-state index is 0.340. The van der Waals surface area contributed by atoms with E-state index in [1.165, 1.54) is 19.3 Å². The number of nitrogens with one attached hydrogen (secondary N) is 2. The highest BCUT2D eigenvalue weighted by Gasteiger charge is 2.21. The summed E-state index contributed by atoms with van der Waals surface area (Å²) in [6, 6.07) is 0.529. The van der Waals surface area contributed by atoms with E-state index in [0.717, 1.165) is 32.1 Å². The molecule has 0 aliphatic carbocycles. The Labute approximate surface area is 130 Å². The fraction of sp³-hybridized carbons (Fsp3) is 0.938. The van der Waals surface area contributed by atoms with Gasteiger partial charge in [-0.3, -0.25) is 4.99 Å². The van der Waals surface area contributed by atoms with E-state index in [1.54, 1.807) is 0 Å². The molecule has 0 amide bonds. The third-order valence-corrected chi connectivity index (χ3v) is 4.48. The second-order valence-electron chi connectivity index (χ2n) is 6.08. The number of nitrogens with zero attached hydrogens (tertiary/aromatic N) is 2. The normalized spacial score (nSPS) is 21.1. The minimum Gasteiger partial charge on any atom is -0.376 e. The van der Waals surface area contributed by atoms with Crippen LogP contribution in [0, 0.1) is 5.92 Å². The molecule has 124 valence electrons. The molecule has 1 heterocycles. The minimum atomic E-state index is 0.340. The zero-order valence-electron chi connectivity index (χ0n) is 14.5. The van der Waals surface area contributed by atoms with Gasteiger partial charge in [-0.1, -0.05) is 26.7 Å². The summed E-state index contributed by atoms with van der Waals surface area (Å²) in [5.74, 6) is 1.59. The van der Waals surface area contributed by atoms with E-state index in [2.05, 4.69) is 48.5 Å². The Kier molecular flexibility index (Phi) is 8.69. The number of hydrogen-bond donors (Lipinski definition) is 2. The average molecular weight is 298 g/mol. The van der Waals surface area contributed by atoms with E-state index < -0.39 is 0 Å². The molecule has 0 aromatic heterocycles. The number of aliphatic imine (C=N–C) groups is 1. The summed E-state index contributed by atoms with van der Waals surface area (Å²) in [7, 11) is 6.15. The van der Waals surface area contributed by atoms with E-state index in [0.29, 0.717) is 18.1 Å². The van der Waals surface area contributed by atoms with E-state index in [-0.39, 0.29) is 0 Å². The number of hydrogen-bond acceptors (Lipinski definition) is 3. The van der Waals surface area contributed by atoms with Crippen molar-refractivity contribution in [1.29, 1.82) is 0 Å². The van der Waals surface area contributed by atoms with Crippen molar-refractivity contribution >= 4 is 5.96 Å². The van der Waals surface area contributed by atoms with Gasteiger partial charge in [0.25, 0.3) is 0 Å². The summed E-state index contributed by atoms with van der Waals surface area (Å²) in [6.45, 7) is 7.21. The van der Waals surface area contributed by atoms with Crippen molar-refractivity contribution in [3.8, 4) is 0 Å². The highest BCUT2D eigenvalue weighted by Crippen LogP contribution is 2.16. The van der Waals surface area contributed by atoms with Gasteiger partial charge in [-0.2, -0.15) is 0 Å². The Balaban J connectivity index is 2.40. The second-order valence-corrected chi connectivity index (χ2v) is 6.08. The highest BCUT2D eigenvalue weighted by molar-refractivity contribution is 5.79. The summed E-state index contributed by atoms with van der Waals surface area (Å²) in [5.41, 5.74) is 0. The summed E-state index contributed by atoms with van der Waals surface area (Å²) < 4.78 is 5.63. The van der Waals surface area contributed by atoms with Gasteiger partial charge in [-0.25, -0.2) is 0 Å². The van der Waals surface area contributed by atoms with Crippen LogP contribution in [-0.4, -0.2) is 63.8 Å². The van der Waals surface area contributed by atoms with Crippen LogP contribution < -0.4 is 10.6 Å². The van der Waals surface area contributed by atoms with Gasteiger partial charge in [0.05, 0.1) is 6.10 Å². The van der Waals surface area contributed by atoms with Crippen LogP contribution in [0.3, 0.4) is 0 Å². The van der Waals surface area contributed by atoms with Gasteiger partial charge in [-0.15, -0.1) is 0 Å². The molecule has 1 aliphatic heterocycles. The van der Waals surface area contributed by atoms with Gasteiger partial charge < -0.3 is 20.3 Å². The topological polar surface area (TPSA) is 48.9 Å². The van der Waals surface area contributed by atoms with Crippen molar-refractivity contribution in [2.75, 3.05) is 40.8 Å². The molecule has 1 rings (SSSR count). The van der Waals surface area contributed by atoms with E-state index in [9.17, 15) is 0 Å². The standard InChI is InChI=1S/C16H34N4O/c1-6-13(7-2)15(20(4)5)12-19-16(17-3)18-11-14-9-8-10-21-14/h13-15H,6-12H2,1-5H3,(H2,17,18,19). The Hall–Kier alpha value is -0.810. The van der Waals surface area contributed by atoms with E-state index in [4.69, 9.17) is 4.74 Å². The van der Waals surface area contributed by atoms with E-state index >= 15 is 0 Å². The van der Waals surface area contributed by atoms with Crippen LogP contribution in [0.4, 0.5) is 0 Å². The highest BCUT2D eigenvalue weighted by atomic mass is 16.5. The number of guanidine groups is 1. The Morgan fingerprint density at radius 1 is 1.29 bits per heavy atom. The molecule has 1 fully saturated rings. The predicted molar refractivity (Wildman–Crippen MR) is 89.9 cm³/mol. The molecule has 2 N–H and O–H groups in total. The maximum Gasteiger partial charge on any atom is 0.191 e. The summed E-state index contributed by atoms with van der Waals surface area (Å²) in [4.78, 5) is 6.63. The molecule has 0 radical (unpaired) electrons. The second kappa shape index (κ2) is 10.0. The lowest BCUT2D eigenvalue weighted by molar-refractivity contribution is 0.113. The molecule has 1 aliphatic rings. The fourth-order valence-electron chi connectivity index (χ4n) is 3.04. The largest absolute Gasteiger partial charge is 0.376 e. The number of ether oxygens (including phenoxy) is 1. The van der Waals surface area contributed by atoms with Gasteiger partial charge in [0, 0.05) is 32.8 Å². The average Bonchev–Trinajstić information content (AvgIpc) is 2.99. The smallest absolute Gasteiger partial charge is 0.191 e. The molecule has 0 spiro atoms. The van der Waals surface area contributed by atoms with Crippen molar-refractivity contribution in [1.82, 2.24) is 15.5 Å². The zero-order valence-corrected chi connectivity index (χ0v) is 14.5. The molecule has 5 heteroatoms. The lowest BCUT2D eigenvalue weighted by Gasteiger charge is -2.32. The van der Waals surface area contributed by atoms with Crippen molar-refractivity contribution in [2.24, 2.45) is 10.9 Å². The third kappa shape index (κ3) is 6.22. The molecule has 0 bridgehead atoms. The molecule has 5 nitrogen and oxygen atoms in total. The summed E-state index contributed by atoms with van der Waals surface area (Å²) >= 11 is 0. The van der Waals surface area contributed by atoms with E-state index in [1.807, 2.05) is 7.05 Å². The summed E-state index contributed by atoms with van der Waals surface area (Å²) in [6.07, 6.45) is 5.09. The Bertz CT molecular complexity index is 297. The van der Waals surface area contributed by atoms with Crippen LogP contribution in [-0.2, 0) is 4.74 Å². The first-order valence-electron chi connectivity index (χ1n) is 8.34. The van der Waals surface area contributed by atoms with Crippen LogP contribution in [0.2, 0.25) is 0 Å². The van der Waals surface area contributed by atoms with Crippen LogP contribution >= 0.6 is 0 Å². The van der Waals surface area contributed by atoms with Gasteiger partial charge in [-0.05, 0) is 32.9 Å². The Morgan fingerprint density at radius 2 is 2.00 bits per heavy atom. The monoisotopic (exact) mass is 298 g/mol. The molecular weight excluding hydrogens is 264 g/mol. The molecule has 0 aromatic rings. The first-order valence-corrected chi connectivity index (χ1v) is 8.34. The lowest BCUT2D eigenvalue weighted by Crippen LogP contribution is -2.49. The molecule has 2 atom stereocenters. The SMILES string of the molecule is CCC(CC)C(CNC(=NC)NCC1CCCO1)N(C)C. The Morgan fingerprint density at radius 3 is 2.48 bits per heavy atom. The maximum absolute atomic E-state index is 5.63. The molecule has 21 heavy (non-hydrogen) atoms. The maximum atomic E-state index is 5.63. The molecule has 1 saturated heterocycles. The lowest BCUT2D eigenvalue weighted by atomic mass is 9.93. The molecular formula is C16H34N4O. The summed E-state index contributed by atoms with van der Waals surface area (Å²) in [5, 5.41) is 6.84. The first kappa shape index (κ1) is 18.2. The fourth-order valence-corrected chi connectivity index (χ4v) is 3.04. The van der Waals surface area contributed by atoms with Crippen LogP contribution in [0.1, 0.15) is 39.5 Å². The van der Waals surface area contributed by atoms with Crippen molar-refractivity contribution in [2.45, 2.75) is 51.7 Å². The van der Waals surface area contributed by atoms with Crippen LogP contribution in [0.5, 0.6) is 0 Å². The van der Waals surface area contributed by atoms with Gasteiger partial charge in [0.2, 0.25) is 0 Å². The molecule has 0 aromatic carbocycles. The predicted octanol–water partition coefficient (Wildman–Crippen LogP) is 1.70. The third-order valence-electron chi connectivity index (χ3n) is 4.48. The zero-order chi connectivity index (χ0) is 15.7.